The molecule has 4 rings (SSSR count). The molecule has 0 spiro atoms. The number of likely N-dealkylation sites (tertiary alicyclic amines) is 1. The molecule has 1 aromatic carbocycles. The molecule has 0 bridgehead atoms. The van der Waals surface area contributed by atoms with Gasteiger partial charge >= 0.3 is 0 Å². The number of nitrogens with one attached hydrogen (secondary N) is 1. The van der Waals surface area contributed by atoms with Crippen molar-refractivity contribution in [3.05, 3.63) is 40.3 Å². The smallest absolute Gasteiger partial charge is 0.276 e. The number of hydrogen-bond donors (Lipinski definition) is 1. The van der Waals surface area contributed by atoms with E-state index in [0.717, 1.165) is 33.4 Å². The lowest BCUT2D eigenvalue weighted by molar-refractivity contribution is -0.127. The van der Waals surface area contributed by atoms with Crippen LogP contribution in [0.4, 0.5) is 0 Å². The van der Waals surface area contributed by atoms with Crippen molar-refractivity contribution in [3.63, 3.8) is 0 Å². The molecule has 2 aromatic heterocycles. The number of benzene rings is 1. The maximum atomic E-state index is 13.1. The standard InChI is InChI=1S/C21H24N4O3S/c1-13-19-18(15-7-3-4-8-16(15)29-19)21(28)25(23-13)14(2)20(27)22-10-6-12-24-11-5-9-17(24)26/h3-4,7-8,14H,5-6,9-12H2,1-2H3,(H,22,27)/t14-/m1/s1. The summed E-state index contributed by atoms with van der Waals surface area (Å²) in [5, 5.41) is 8.82. The first-order chi connectivity index (χ1) is 14.0. The van der Waals surface area contributed by atoms with E-state index in [1.165, 1.54) is 4.68 Å². The topological polar surface area (TPSA) is 84.3 Å². The van der Waals surface area contributed by atoms with Crippen molar-refractivity contribution in [1.82, 2.24) is 20.0 Å². The highest BCUT2D eigenvalue weighted by Gasteiger charge is 2.22. The molecule has 1 aliphatic heterocycles. The molecular weight excluding hydrogens is 388 g/mol. The third-order valence-electron chi connectivity index (χ3n) is 5.43. The van der Waals surface area contributed by atoms with Gasteiger partial charge in [-0.3, -0.25) is 14.4 Å². The molecule has 0 saturated carbocycles. The van der Waals surface area contributed by atoms with Crippen LogP contribution in [0.15, 0.2) is 29.1 Å². The SMILES string of the molecule is Cc1nn([C@H](C)C(=O)NCCCN2CCCC2=O)c(=O)c2c1sc1ccccc12. The third-order valence-corrected chi connectivity index (χ3v) is 6.71. The summed E-state index contributed by atoms with van der Waals surface area (Å²) >= 11 is 1.55. The van der Waals surface area contributed by atoms with Crippen LogP contribution in [0, 0.1) is 6.92 Å². The number of carbonyl (C=O) groups is 2. The Morgan fingerprint density at radius 2 is 2.10 bits per heavy atom. The Bertz CT molecular complexity index is 1150. The fourth-order valence-electron chi connectivity index (χ4n) is 3.82. The van der Waals surface area contributed by atoms with Crippen LogP contribution in [0.3, 0.4) is 0 Å². The van der Waals surface area contributed by atoms with Gasteiger partial charge in [-0.25, -0.2) is 4.68 Å². The van der Waals surface area contributed by atoms with Crippen LogP contribution < -0.4 is 10.9 Å². The van der Waals surface area contributed by atoms with Crippen LogP contribution in [-0.4, -0.2) is 46.1 Å². The van der Waals surface area contributed by atoms with E-state index >= 15 is 0 Å². The fourth-order valence-corrected chi connectivity index (χ4v) is 4.96. The van der Waals surface area contributed by atoms with Gasteiger partial charge in [0.15, 0.2) is 0 Å². The summed E-state index contributed by atoms with van der Waals surface area (Å²) in [7, 11) is 0. The molecule has 3 aromatic rings. The van der Waals surface area contributed by atoms with E-state index in [-0.39, 0.29) is 17.4 Å². The number of rotatable bonds is 6. The Hall–Kier alpha value is -2.74. The van der Waals surface area contributed by atoms with E-state index < -0.39 is 6.04 Å². The molecule has 152 valence electrons. The predicted octanol–water partition coefficient (Wildman–Crippen LogP) is 2.61. The average Bonchev–Trinajstić information content (AvgIpc) is 3.31. The van der Waals surface area contributed by atoms with Crippen molar-refractivity contribution >= 4 is 43.3 Å². The van der Waals surface area contributed by atoms with Crippen LogP contribution in [-0.2, 0) is 9.59 Å². The van der Waals surface area contributed by atoms with Gasteiger partial charge in [-0.2, -0.15) is 5.10 Å². The Labute approximate surface area is 172 Å². The van der Waals surface area contributed by atoms with Crippen molar-refractivity contribution in [2.75, 3.05) is 19.6 Å². The summed E-state index contributed by atoms with van der Waals surface area (Å²) in [6, 6.07) is 7.08. The van der Waals surface area contributed by atoms with Gasteiger partial charge < -0.3 is 10.2 Å². The predicted molar refractivity (Wildman–Crippen MR) is 114 cm³/mol. The highest BCUT2D eigenvalue weighted by Crippen LogP contribution is 2.32. The second-order valence-electron chi connectivity index (χ2n) is 7.44. The minimum atomic E-state index is -0.710. The van der Waals surface area contributed by atoms with Crippen molar-refractivity contribution in [2.24, 2.45) is 0 Å². The van der Waals surface area contributed by atoms with E-state index in [0.29, 0.717) is 31.3 Å². The summed E-state index contributed by atoms with van der Waals surface area (Å²) in [5.74, 6) is -0.0575. The normalized spacial score (nSPS) is 15.4. The Morgan fingerprint density at radius 3 is 2.86 bits per heavy atom. The van der Waals surface area contributed by atoms with Gasteiger partial charge in [-0.05, 0) is 32.8 Å². The molecule has 2 amide bonds. The van der Waals surface area contributed by atoms with Crippen LogP contribution in [0.25, 0.3) is 20.2 Å². The van der Waals surface area contributed by atoms with Crippen LogP contribution >= 0.6 is 11.3 Å². The van der Waals surface area contributed by atoms with Gasteiger partial charge in [-0.1, -0.05) is 18.2 Å². The Balaban J connectivity index is 1.50. The van der Waals surface area contributed by atoms with Crippen LogP contribution in [0.2, 0.25) is 0 Å². The van der Waals surface area contributed by atoms with Gasteiger partial charge in [0.05, 0.1) is 15.8 Å². The molecule has 3 heterocycles. The van der Waals surface area contributed by atoms with Gasteiger partial charge in [0.1, 0.15) is 6.04 Å². The number of hydrogen-bond acceptors (Lipinski definition) is 5. The first-order valence-electron chi connectivity index (χ1n) is 9.93. The van der Waals surface area contributed by atoms with Crippen LogP contribution in [0.5, 0.6) is 0 Å². The molecule has 0 radical (unpaired) electrons. The van der Waals surface area contributed by atoms with E-state index in [9.17, 15) is 14.4 Å². The first-order valence-corrected chi connectivity index (χ1v) is 10.7. The lowest BCUT2D eigenvalue weighted by Gasteiger charge is -2.17. The zero-order valence-corrected chi connectivity index (χ0v) is 17.4. The largest absolute Gasteiger partial charge is 0.354 e. The number of thiophene rings is 1. The molecule has 0 aliphatic carbocycles. The maximum absolute atomic E-state index is 13.1. The molecule has 1 atom stereocenters. The minimum absolute atomic E-state index is 0.187. The molecular formula is C21H24N4O3S. The van der Waals surface area contributed by atoms with Crippen molar-refractivity contribution in [3.8, 4) is 0 Å². The average molecular weight is 413 g/mol. The third kappa shape index (κ3) is 3.64. The van der Waals surface area contributed by atoms with E-state index in [4.69, 9.17) is 0 Å². The number of fused-ring (bicyclic) bond motifs is 3. The van der Waals surface area contributed by atoms with Crippen molar-refractivity contribution < 1.29 is 9.59 Å². The second-order valence-corrected chi connectivity index (χ2v) is 8.49. The monoisotopic (exact) mass is 412 g/mol. The second kappa shape index (κ2) is 7.94. The highest BCUT2D eigenvalue weighted by atomic mass is 32.1. The van der Waals surface area contributed by atoms with Gasteiger partial charge in [-0.15, -0.1) is 11.3 Å². The highest BCUT2D eigenvalue weighted by molar-refractivity contribution is 7.26. The summed E-state index contributed by atoms with van der Waals surface area (Å²) in [4.78, 5) is 39.2. The van der Waals surface area contributed by atoms with Crippen LogP contribution in [0.1, 0.15) is 37.9 Å². The van der Waals surface area contributed by atoms with Gasteiger partial charge in [0, 0.05) is 36.1 Å². The number of aryl methyl sites for hydroxylation is 1. The maximum Gasteiger partial charge on any atom is 0.276 e. The zero-order chi connectivity index (χ0) is 20.5. The number of aromatic nitrogens is 2. The summed E-state index contributed by atoms with van der Waals surface area (Å²) in [6.07, 6.45) is 2.23. The van der Waals surface area contributed by atoms with E-state index in [1.54, 1.807) is 18.3 Å². The lowest BCUT2D eigenvalue weighted by Crippen LogP contribution is -2.38. The van der Waals surface area contributed by atoms with Crippen molar-refractivity contribution in [2.45, 2.75) is 39.2 Å². The lowest BCUT2D eigenvalue weighted by atomic mass is 10.2. The van der Waals surface area contributed by atoms with Gasteiger partial charge in [0.2, 0.25) is 11.8 Å². The number of amides is 2. The quantitative estimate of drug-likeness (QED) is 0.631. The van der Waals surface area contributed by atoms with Gasteiger partial charge in [0.25, 0.3) is 5.56 Å². The fraction of sp³-hybridized carbons (Fsp3) is 0.429. The Kier molecular flexibility index (Phi) is 5.36. The molecule has 8 heteroatoms. The minimum Gasteiger partial charge on any atom is -0.354 e. The molecule has 1 aliphatic rings. The molecule has 0 unspecified atom stereocenters. The molecule has 29 heavy (non-hydrogen) atoms. The molecule has 1 saturated heterocycles. The molecule has 1 fully saturated rings. The summed E-state index contributed by atoms with van der Waals surface area (Å²) < 4.78 is 3.20. The zero-order valence-electron chi connectivity index (χ0n) is 16.6. The molecule has 1 N–H and O–H groups in total. The number of carbonyl (C=O) groups excluding carboxylic acids is 2. The van der Waals surface area contributed by atoms with E-state index in [1.807, 2.05) is 36.1 Å². The van der Waals surface area contributed by atoms with E-state index in [2.05, 4.69) is 10.4 Å². The first kappa shape index (κ1) is 19.6. The Morgan fingerprint density at radius 1 is 1.31 bits per heavy atom. The molecule has 7 nitrogen and oxygen atoms in total. The van der Waals surface area contributed by atoms with Crippen molar-refractivity contribution in [1.29, 1.82) is 0 Å². The number of nitrogens with zero attached hydrogens (tertiary/aromatic N) is 3. The summed E-state index contributed by atoms with van der Waals surface area (Å²) in [6.45, 7) is 5.47. The summed E-state index contributed by atoms with van der Waals surface area (Å²) in [5.41, 5.74) is 0.501.